The molecule has 0 saturated heterocycles. The Morgan fingerprint density at radius 3 is 2.65 bits per heavy atom. The van der Waals surface area contributed by atoms with E-state index in [0.717, 1.165) is 28.9 Å². The van der Waals surface area contributed by atoms with Gasteiger partial charge in [-0.05, 0) is 42.2 Å². The van der Waals surface area contributed by atoms with Crippen molar-refractivity contribution in [2.45, 2.75) is 25.8 Å². The number of fused-ring (bicyclic) bond motifs is 1. The Balaban J connectivity index is 1.34. The Hall–Kier alpha value is -2.82. The van der Waals surface area contributed by atoms with Gasteiger partial charge in [0.05, 0.1) is 7.11 Å². The smallest absolute Gasteiger partial charge is 0.254 e. The fourth-order valence-corrected chi connectivity index (χ4v) is 3.15. The molecule has 0 radical (unpaired) electrons. The molecular formula is C21H24N2O3. The third-order valence-corrected chi connectivity index (χ3v) is 4.62. The SMILES string of the molecule is COc1ccc(CCNC(=O)CCCN2Cc3ccccc3C2=O)cc1. The van der Waals surface area contributed by atoms with Crippen molar-refractivity contribution in [2.75, 3.05) is 20.2 Å². The van der Waals surface area contributed by atoms with Gasteiger partial charge in [0.2, 0.25) is 5.91 Å². The maximum Gasteiger partial charge on any atom is 0.254 e. The first-order chi connectivity index (χ1) is 12.7. The van der Waals surface area contributed by atoms with Crippen molar-refractivity contribution in [2.24, 2.45) is 0 Å². The van der Waals surface area contributed by atoms with Crippen LogP contribution in [0.2, 0.25) is 0 Å². The van der Waals surface area contributed by atoms with Crippen molar-refractivity contribution in [1.82, 2.24) is 10.2 Å². The normalized spacial score (nSPS) is 12.8. The van der Waals surface area contributed by atoms with Crippen LogP contribution in [0.25, 0.3) is 0 Å². The van der Waals surface area contributed by atoms with Gasteiger partial charge in [0.15, 0.2) is 0 Å². The summed E-state index contributed by atoms with van der Waals surface area (Å²) in [5.74, 6) is 0.930. The summed E-state index contributed by atoms with van der Waals surface area (Å²) in [5, 5.41) is 2.94. The van der Waals surface area contributed by atoms with Crippen LogP contribution in [0.15, 0.2) is 48.5 Å². The molecule has 0 atom stereocenters. The van der Waals surface area contributed by atoms with Crippen LogP contribution in [0.5, 0.6) is 5.75 Å². The lowest BCUT2D eigenvalue weighted by molar-refractivity contribution is -0.121. The van der Waals surface area contributed by atoms with Gasteiger partial charge in [-0.15, -0.1) is 0 Å². The summed E-state index contributed by atoms with van der Waals surface area (Å²) in [5.41, 5.74) is 3.02. The quantitative estimate of drug-likeness (QED) is 0.795. The maximum atomic E-state index is 12.3. The number of nitrogens with zero attached hydrogens (tertiary/aromatic N) is 1. The summed E-state index contributed by atoms with van der Waals surface area (Å²) in [7, 11) is 1.64. The highest BCUT2D eigenvalue weighted by Gasteiger charge is 2.26. The second-order valence-corrected chi connectivity index (χ2v) is 6.44. The predicted octanol–water partition coefficient (Wildman–Crippen LogP) is 2.79. The molecule has 3 rings (SSSR count). The lowest BCUT2D eigenvalue weighted by atomic mass is 10.1. The number of benzene rings is 2. The van der Waals surface area contributed by atoms with Crippen LogP contribution in [0.3, 0.4) is 0 Å². The average Bonchev–Trinajstić information content (AvgIpc) is 2.98. The molecule has 2 aromatic carbocycles. The third-order valence-electron chi connectivity index (χ3n) is 4.62. The minimum Gasteiger partial charge on any atom is -0.497 e. The molecule has 0 bridgehead atoms. The fraction of sp³-hybridized carbons (Fsp3) is 0.333. The number of nitrogens with one attached hydrogen (secondary N) is 1. The Labute approximate surface area is 154 Å². The highest BCUT2D eigenvalue weighted by Crippen LogP contribution is 2.22. The molecule has 0 spiro atoms. The molecule has 26 heavy (non-hydrogen) atoms. The van der Waals surface area contributed by atoms with Crippen LogP contribution in [0.1, 0.15) is 34.3 Å². The Bertz CT molecular complexity index is 771. The minimum absolute atomic E-state index is 0.0303. The van der Waals surface area contributed by atoms with Crippen molar-refractivity contribution in [3.63, 3.8) is 0 Å². The fourth-order valence-electron chi connectivity index (χ4n) is 3.15. The van der Waals surface area contributed by atoms with Gasteiger partial charge in [0.1, 0.15) is 5.75 Å². The number of methoxy groups -OCH3 is 1. The largest absolute Gasteiger partial charge is 0.497 e. The molecule has 0 unspecified atom stereocenters. The first kappa shape index (κ1) is 18.0. The van der Waals surface area contributed by atoms with Gasteiger partial charge in [-0.2, -0.15) is 0 Å². The molecule has 136 valence electrons. The van der Waals surface area contributed by atoms with E-state index in [1.807, 2.05) is 53.4 Å². The number of carbonyl (C=O) groups excluding carboxylic acids is 2. The van der Waals surface area contributed by atoms with Gasteiger partial charge in [0.25, 0.3) is 5.91 Å². The summed E-state index contributed by atoms with van der Waals surface area (Å²) in [6, 6.07) is 15.5. The molecule has 0 fully saturated rings. The minimum atomic E-state index is 0.0303. The first-order valence-electron chi connectivity index (χ1n) is 8.94. The second kappa shape index (κ2) is 8.52. The van der Waals surface area contributed by atoms with Gasteiger partial charge < -0.3 is 15.0 Å². The highest BCUT2D eigenvalue weighted by molar-refractivity contribution is 5.98. The number of hydrogen-bond acceptors (Lipinski definition) is 3. The molecule has 0 aliphatic carbocycles. The topological polar surface area (TPSA) is 58.6 Å². The standard InChI is InChI=1S/C21H24N2O3/c1-26-18-10-8-16(9-11-18)12-13-22-20(24)7-4-14-23-15-17-5-2-3-6-19(17)21(23)25/h2-3,5-6,8-11H,4,7,12-15H2,1H3,(H,22,24). The summed E-state index contributed by atoms with van der Waals surface area (Å²) in [6.07, 6.45) is 1.90. The maximum absolute atomic E-state index is 12.3. The zero-order chi connectivity index (χ0) is 18.4. The van der Waals surface area contributed by atoms with Crippen LogP contribution in [-0.4, -0.2) is 36.9 Å². The average molecular weight is 352 g/mol. The molecule has 1 N–H and O–H groups in total. The highest BCUT2D eigenvalue weighted by atomic mass is 16.5. The van der Waals surface area contributed by atoms with E-state index in [0.29, 0.717) is 32.5 Å². The molecule has 2 amide bonds. The zero-order valence-corrected chi connectivity index (χ0v) is 15.0. The number of carbonyl (C=O) groups is 2. The van der Waals surface area contributed by atoms with E-state index in [9.17, 15) is 9.59 Å². The monoisotopic (exact) mass is 352 g/mol. The predicted molar refractivity (Wildman–Crippen MR) is 100 cm³/mol. The van der Waals surface area contributed by atoms with Crippen molar-refractivity contribution >= 4 is 11.8 Å². The molecule has 0 aromatic heterocycles. The third kappa shape index (κ3) is 4.42. The van der Waals surface area contributed by atoms with Gasteiger partial charge in [-0.1, -0.05) is 30.3 Å². The Morgan fingerprint density at radius 1 is 1.15 bits per heavy atom. The number of amides is 2. The van der Waals surface area contributed by atoms with Crippen LogP contribution in [-0.2, 0) is 17.8 Å². The number of rotatable bonds is 8. The van der Waals surface area contributed by atoms with E-state index in [-0.39, 0.29) is 11.8 Å². The van der Waals surface area contributed by atoms with E-state index in [4.69, 9.17) is 4.74 Å². The van der Waals surface area contributed by atoms with Crippen molar-refractivity contribution in [1.29, 1.82) is 0 Å². The summed E-state index contributed by atoms with van der Waals surface area (Å²) < 4.78 is 5.13. The van der Waals surface area contributed by atoms with Crippen molar-refractivity contribution < 1.29 is 14.3 Å². The lowest BCUT2D eigenvalue weighted by Gasteiger charge is -2.15. The lowest BCUT2D eigenvalue weighted by Crippen LogP contribution is -2.28. The summed E-state index contributed by atoms with van der Waals surface area (Å²) in [4.78, 5) is 26.1. The second-order valence-electron chi connectivity index (χ2n) is 6.44. The van der Waals surface area contributed by atoms with Crippen molar-refractivity contribution in [3.8, 4) is 5.75 Å². The number of ether oxygens (including phenoxy) is 1. The van der Waals surface area contributed by atoms with E-state index in [1.54, 1.807) is 7.11 Å². The molecular weight excluding hydrogens is 328 g/mol. The molecule has 5 nitrogen and oxygen atoms in total. The van der Waals surface area contributed by atoms with E-state index >= 15 is 0 Å². The Kier molecular flexibility index (Phi) is 5.89. The van der Waals surface area contributed by atoms with Gasteiger partial charge in [-0.3, -0.25) is 9.59 Å². The number of hydrogen-bond donors (Lipinski definition) is 1. The van der Waals surface area contributed by atoms with Crippen LogP contribution in [0, 0.1) is 0 Å². The first-order valence-corrected chi connectivity index (χ1v) is 8.94. The van der Waals surface area contributed by atoms with Crippen LogP contribution in [0.4, 0.5) is 0 Å². The molecule has 1 heterocycles. The van der Waals surface area contributed by atoms with E-state index < -0.39 is 0 Å². The van der Waals surface area contributed by atoms with E-state index in [2.05, 4.69) is 5.32 Å². The Morgan fingerprint density at radius 2 is 1.92 bits per heavy atom. The zero-order valence-electron chi connectivity index (χ0n) is 15.0. The summed E-state index contributed by atoms with van der Waals surface area (Å²) in [6.45, 7) is 1.87. The molecule has 5 heteroatoms. The van der Waals surface area contributed by atoms with Crippen LogP contribution < -0.4 is 10.1 Å². The molecule has 1 aliphatic heterocycles. The van der Waals surface area contributed by atoms with Crippen molar-refractivity contribution in [3.05, 3.63) is 65.2 Å². The molecule has 2 aromatic rings. The summed E-state index contributed by atoms with van der Waals surface area (Å²) >= 11 is 0. The van der Waals surface area contributed by atoms with Gasteiger partial charge in [0, 0.05) is 31.6 Å². The van der Waals surface area contributed by atoms with Crippen LogP contribution >= 0.6 is 0 Å². The van der Waals surface area contributed by atoms with Gasteiger partial charge >= 0.3 is 0 Å². The van der Waals surface area contributed by atoms with E-state index in [1.165, 1.54) is 0 Å². The van der Waals surface area contributed by atoms with Gasteiger partial charge in [-0.25, -0.2) is 0 Å². The molecule has 0 saturated carbocycles. The molecule has 1 aliphatic rings.